The second-order valence-electron chi connectivity index (χ2n) is 4.84. The lowest BCUT2D eigenvalue weighted by Gasteiger charge is -2.07. The number of aryl methyl sites for hydroxylation is 2. The molecule has 6 nitrogen and oxygen atoms in total. The smallest absolute Gasteiger partial charge is 0.250 e. The highest BCUT2D eigenvalue weighted by Crippen LogP contribution is 2.18. The molecule has 0 aromatic carbocycles. The highest BCUT2D eigenvalue weighted by atomic mass is 16.5. The van der Waals surface area contributed by atoms with E-state index in [-0.39, 0.29) is 5.92 Å². The lowest BCUT2D eigenvalue weighted by atomic mass is 10.1. The fourth-order valence-electron chi connectivity index (χ4n) is 2.12. The summed E-state index contributed by atoms with van der Waals surface area (Å²) < 4.78 is 6.66. The van der Waals surface area contributed by atoms with Crippen LogP contribution in [0.15, 0.2) is 12.3 Å². The normalized spacial score (nSPS) is 12.4. The second kappa shape index (κ2) is 5.92. The fourth-order valence-corrected chi connectivity index (χ4v) is 2.12. The molecule has 0 saturated carbocycles. The van der Waals surface area contributed by atoms with E-state index < -0.39 is 0 Å². The van der Waals surface area contributed by atoms with Crippen LogP contribution in [0.5, 0.6) is 0 Å². The van der Waals surface area contributed by atoms with E-state index in [1.54, 1.807) is 18.0 Å². The standard InChI is InChI=1S/C14H18N4O2/c1-9(8-20-4)13-12(7-19)6-18(17-13)14-15-10(2)5-11(3)16-14/h5-7,9H,8H2,1-4H3. The summed E-state index contributed by atoms with van der Waals surface area (Å²) in [4.78, 5) is 19.9. The second-order valence-corrected chi connectivity index (χ2v) is 4.84. The predicted molar refractivity (Wildman–Crippen MR) is 74.3 cm³/mol. The number of aromatic nitrogens is 4. The van der Waals surface area contributed by atoms with Gasteiger partial charge in [0.2, 0.25) is 0 Å². The largest absolute Gasteiger partial charge is 0.384 e. The third kappa shape index (κ3) is 2.91. The zero-order valence-corrected chi connectivity index (χ0v) is 12.1. The summed E-state index contributed by atoms with van der Waals surface area (Å²) in [5.74, 6) is 0.508. The molecule has 20 heavy (non-hydrogen) atoms. The Labute approximate surface area is 117 Å². The maximum absolute atomic E-state index is 11.2. The van der Waals surface area contributed by atoms with E-state index in [0.717, 1.165) is 17.7 Å². The zero-order valence-electron chi connectivity index (χ0n) is 12.1. The van der Waals surface area contributed by atoms with Crippen LogP contribution in [0.4, 0.5) is 0 Å². The molecule has 2 rings (SSSR count). The molecule has 0 N–H and O–H groups in total. The number of hydrogen-bond acceptors (Lipinski definition) is 5. The third-order valence-corrected chi connectivity index (χ3v) is 2.96. The van der Waals surface area contributed by atoms with Crippen molar-refractivity contribution in [2.45, 2.75) is 26.7 Å². The third-order valence-electron chi connectivity index (χ3n) is 2.96. The van der Waals surface area contributed by atoms with Gasteiger partial charge in [-0.15, -0.1) is 0 Å². The lowest BCUT2D eigenvalue weighted by Crippen LogP contribution is -2.07. The van der Waals surface area contributed by atoms with Crippen LogP contribution in [-0.2, 0) is 4.74 Å². The van der Waals surface area contributed by atoms with Crippen molar-refractivity contribution in [2.75, 3.05) is 13.7 Å². The van der Waals surface area contributed by atoms with E-state index >= 15 is 0 Å². The van der Waals surface area contributed by atoms with Crippen LogP contribution in [0.25, 0.3) is 5.95 Å². The number of carbonyl (C=O) groups is 1. The molecule has 2 heterocycles. The molecule has 0 aliphatic carbocycles. The maximum atomic E-state index is 11.2. The quantitative estimate of drug-likeness (QED) is 0.778. The molecule has 106 valence electrons. The van der Waals surface area contributed by atoms with Crippen LogP contribution in [-0.4, -0.2) is 39.8 Å². The Morgan fingerprint density at radius 2 is 2.00 bits per heavy atom. The molecule has 0 amide bonds. The highest BCUT2D eigenvalue weighted by molar-refractivity contribution is 5.76. The number of rotatable bonds is 5. The molecule has 2 aromatic rings. The molecule has 0 bridgehead atoms. The van der Waals surface area contributed by atoms with Crippen molar-refractivity contribution in [3.8, 4) is 5.95 Å². The molecule has 6 heteroatoms. The van der Waals surface area contributed by atoms with Crippen molar-refractivity contribution < 1.29 is 9.53 Å². The van der Waals surface area contributed by atoms with Gasteiger partial charge in [-0.25, -0.2) is 14.6 Å². The van der Waals surface area contributed by atoms with Crippen molar-refractivity contribution in [1.29, 1.82) is 0 Å². The summed E-state index contributed by atoms with van der Waals surface area (Å²) in [6.07, 6.45) is 2.45. The number of ether oxygens (including phenoxy) is 1. The number of nitrogens with zero attached hydrogens (tertiary/aromatic N) is 4. The molecule has 0 aliphatic rings. The van der Waals surface area contributed by atoms with E-state index in [1.807, 2.05) is 26.8 Å². The van der Waals surface area contributed by atoms with Crippen LogP contribution in [0, 0.1) is 13.8 Å². The molecule has 1 atom stereocenters. The molecular formula is C14H18N4O2. The Balaban J connectivity index is 2.45. The molecule has 0 saturated heterocycles. The summed E-state index contributed by atoms with van der Waals surface area (Å²) in [6.45, 7) is 6.27. The molecule has 1 unspecified atom stereocenters. The van der Waals surface area contributed by atoms with Gasteiger partial charge in [-0.05, 0) is 19.9 Å². The average Bonchev–Trinajstić information content (AvgIpc) is 2.82. The first kappa shape index (κ1) is 14.3. The predicted octanol–water partition coefficient (Wildman–Crippen LogP) is 1.84. The summed E-state index contributed by atoms with van der Waals surface area (Å²) >= 11 is 0. The topological polar surface area (TPSA) is 69.9 Å². The maximum Gasteiger partial charge on any atom is 0.250 e. The first-order valence-corrected chi connectivity index (χ1v) is 6.41. The first-order valence-electron chi connectivity index (χ1n) is 6.41. The van der Waals surface area contributed by atoms with Gasteiger partial charge in [0.25, 0.3) is 5.95 Å². The van der Waals surface area contributed by atoms with Crippen LogP contribution in [0.1, 0.15) is 40.3 Å². The Morgan fingerprint density at radius 3 is 2.55 bits per heavy atom. The average molecular weight is 274 g/mol. The van der Waals surface area contributed by atoms with Crippen molar-refractivity contribution in [2.24, 2.45) is 0 Å². The van der Waals surface area contributed by atoms with Crippen molar-refractivity contribution in [3.05, 3.63) is 34.9 Å². The summed E-state index contributed by atoms with van der Waals surface area (Å²) in [5.41, 5.74) is 2.96. The van der Waals surface area contributed by atoms with Crippen molar-refractivity contribution in [1.82, 2.24) is 19.7 Å². The Bertz CT molecular complexity index is 601. The van der Waals surface area contributed by atoms with Gasteiger partial charge < -0.3 is 4.74 Å². The Morgan fingerprint density at radius 1 is 1.35 bits per heavy atom. The van der Waals surface area contributed by atoms with Gasteiger partial charge in [-0.3, -0.25) is 4.79 Å². The SMILES string of the molecule is COCC(C)c1nn(-c2nc(C)cc(C)n2)cc1C=O. The van der Waals surface area contributed by atoms with E-state index in [9.17, 15) is 4.79 Å². The summed E-state index contributed by atoms with van der Waals surface area (Å²) in [7, 11) is 1.63. The zero-order chi connectivity index (χ0) is 14.7. The van der Waals surface area contributed by atoms with Gasteiger partial charge in [0, 0.05) is 30.6 Å². The van der Waals surface area contributed by atoms with Crippen LogP contribution < -0.4 is 0 Å². The van der Waals surface area contributed by atoms with Crippen molar-refractivity contribution >= 4 is 6.29 Å². The highest BCUT2D eigenvalue weighted by Gasteiger charge is 2.17. The van der Waals surface area contributed by atoms with E-state index in [4.69, 9.17) is 4.74 Å². The lowest BCUT2D eigenvalue weighted by molar-refractivity contribution is 0.112. The van der Waals surface area contributed by atoms with E-state index in [2.05, 4.69) is 15.1 Å². The molecule has 0 fully saturated rings. The number of carbonyl (C=O) groups excluding carboxylic acids is 1. The summed E-state index contributed by atoms with van der Waals surface area (Å²) in [6, 6.07) is 1.89. The van der Waals surface area contributed by atoms with Gasteiger partial charge in [0.05, 0.1) is 17.9 Å². The van der Waals surface area contributed by atoms with Crippen LogP contribution in [0.2, 0.25) is 0 Å². The van der Waals surface area contributed by atoms with Crippen molar-refractivity contribution in [3.63, 3.8) is 0 Å². The van der Waals surface area contributed by atoms with Gasteiger partial charge in [0.1, 0.15) is 0 Å². The number of aldehydes is 1. The fraction of sp³-hybridized carbons (Fsp3) is 0.429. The van der Waals surface area contributed by atoms with Gasteiger partial charge in [0.15, 0.2) is 6.29 Å². The van der Waals surface area contributed by atoms with Gasteiger partial charge >= 0.3 is 0 Å². The van der Waals surface area contributed by atoms with Crippen LogP contribution >= 0.6 is 0 Å². The number of methoxy groups -OCH3 is 1. The van der Waals surface area contributed by atoms with Gasteiger partial charge in [-0.1, -0.05) is 6.92 Å². The Kier molecular flexibility index (Phi) is 4.24. The van der Waals surface area contributed by atoms with E-state index in [0.29, 0.717) is 23.8 Å². The first-order chi connectivity index (χ1) is 9.55. The summed E-state index contributed by atoms with van der Waals surface area (Å²) in [5, 5.41) is 4.43. The van der Waals surface area contributed by atoms with Gasteiger partial charge in [-0.2, -0.15) is 5.10 Å². The molecular weight excluding hydrogens is 256 g/mol. The monoisotopic (exact) mass is 274 g/mol. The minimum atomic E-state index is 0.0346. The Hall–Kier alpha value is -2.08. The minimum Gasteiger partial charge on any atom is -0.384 e. The van der Waals surface area contributed by atoms with E-state index in [1.165, 1.54) is 0 Å². The molecule has 2 aromatic heterocycles. The molecule has 0 aliphatic heterocycles. The number of hydrogen-bond donors (Lipinski definition) is 0. The molecule has 0 spiro atoms. The minimum absolute atomic E-state index is 0.0346. The molecule has 0 radical (unpaired) electrons. The van der Waals surface area contributed by atoms with Crippen LogP contribution in [0.3, 0.4) is 0 Å².